The van der Waals surface area contributed by atoms with Gasteiger partial charge in [0.25, 0.3) is 0 Å². The summed E-state index contributed by atoms with van der Waals surface area (Å²) in [5.41, 5.74) is 5.93. The van der Waals surface area contributed by atoms with E-state index in [1.807, 2.05) is 13.8 Å². The van der Waals surface area contributed by atoms with Crippen molar-refractivity contribution in [1.29, 1.82) is 0 Å². The van der Waals surface area contributed by atoms with Crippen LogP contribution < -0.4 is 5.73 Å². The molecule has 1 heterocycles. The minimum absolute atomic E-state index is 0.0181. The van der Waals surface area contributed by atoms with Crippen molar-refractivity contribution in [2.24, 2.45) is 23.5 Å². The zero-order valence-corrected chi connectivity index (χ0v) is 9.27. The topological polar surface area (TPSA) is 63.4 Å². The van der Waals surface area contributed by atoms with Crippen molar-refractivity contribution in [3.8, 4) is 0 Å². The lowest BCUT2D eigenvalue weighted by atomic mass is 10.00. The minimum atomic E-state index is -0.177. The zero-order valence-electron chi connectivity index (χ0n) is 9.27. The maximum Gasteiger partial charge on any atom is 0.232 e. The molecule has 15 heavy (non-hydrogen) atoms. The molecule has 2 N–H and O–H groups in total. The quantitative estimate of drug-likeness (QED) is 0.684. The molecule has 1 aliphatic carbocycles. The maximum atomic E-state index is 11.8. The van der Waals surface area contributed by atoms with Crippen LogP contribution in [0.5, 0.6) is 0 Å². The van der Waals surface area contributed by atoms with Crippen LogP contribution in [0.1, 0.15) is 26.7 Å². The summed E-state index contributed by atoms with van der Waals surface area (Å²) in [5.74, 6) is 0.0665. The molecule has 2 amide bonds. The van der Waals surface area contributed by atoms with Gasteiger partial charge < -0.3 is 5.73 Å². The summed E-state index contributed by atoms with van der Waals surface area (Å²) in [6.45, 7) is 4.04. The predicted molar refractivity (Wildman–Crippen MR) is 55.7 cm³/mol. The van der Waals surface area contributed by atoms with Crippen LogP contribution in [0.15, 0.2) is 0 Å². The van der Waals surface area contributed by atoms with Crippen LogP contribution in [0.2, 0.25) is 0 Å². The van der Waals surface area contributed by atoms with E-state index >= 15 is 0 Å². The molecule has 2 aliphatic rings. The molecule has 4 heteroatoms. The highest BCUT2D eigenvalue weighted by Gasteiger charge is 2.43. The van der Waals surface area contributed by atoms with E-state index in [4.69, 9.17) is 5.73 Å². The van der Waals surface area contributed by atoms with E-state index in [0.717, 1.165) is 12.8 Å². The average Bonchev–Trinajstić information content (AvgIpc) is 3.02. The van der Waals surface area contributed by atoms with Crippen LogP contribution in [0.4, 0.5) is 0 Å². The molecule has 0 aromatic heterocycles. The number of nitrogens with zero attached hydrogens (tertiary/aromatic N) is 1. The number of rotatable bonds is 3. The highest BCUT2D eigenvalue weighted by atomic mass is 16.2. The standard InChI is InChI=1S/C11H18N2O2/c1-6-7(2)11(15)13(10(6)14)5-9(12)8-3-4-8/h6-9H,3-5,12H2,1-2H3. The molecule has 3 unspecified atom stereocenters. The van der Waals surface area contributed by atoms with Gasteiger partial charge in [0.05, 0.1) is 0 Å². The summed E-state index contributed by atoms with van der Waals surface area (Å²) < 4.78 is 0. The van der Waals surface area contributed by atoms with Crippen molar-refractivity contribution in [2.75, 3.05) is 6.54 Å². The van der Waals surface area contributed by atoms with E-state index in [0.29, 0.717) is 12.5 Å². The van der Waals surface area contributed by atoms with Gasteiger partial charge >= 0.3 is 0 Å². The normalized spacial score (nSPS) is 33.7. The van der Waals surface area contributed by atoms with Gasteiger partial charge in [-0.15, -0.1) is 0 Å². The number of nitrogens with two attached hydrogens (primary N) is 1. The van der Waals surface area contributed by atoms with Crippen molar-refractivity contribution in [3.05, 3.63) is 0 Å². The van der Waals surface area contributed by atoms with Gasteiger partial charge in [0, 0.05) is 24.4 Å². The maximum absolute atomic E-state index is 11.8. The molecule has 3 atom stereocenters. The molecule has 0 aromatic carbocycles. The Morgan fingerprint density at radius 3 is 2.13 bits per heavy atom. The fraction of sp³-hybridized carbons (Fsp3) is 0.818. The third-order valence-corrected chi connectivity index (χ3v) is 3.68. The Hall–Kier alpha value is -0.900. The van der Waals surface area contributed by atoms with Crippen LogP contribution in [0.3, 0.4) is 0 Å². The average molecular weight is 210 g/mol. The smallest absolute Gasteiger partial charge is 0.232 e. The van der Waals surface area contributed by atoms with Crippen LogP contribution in [-0.4, -0.2) is 29.3 Å². The number of carbonyl (C=O) groups excluding carboxylic acids is 2. The van der Waals surface area contributed by atoms with E-state index < -0.39 is 0 Å². The van der Waals surface area contributed by atoms with Crippen molar-refractivity contribution in [1.82, 2.24) is 4.90 Å². The molecule has 2 rings (SSSR count). The van der Waals surface area contributed by atoms with Crippen LogP contribution in [0, 0.1) is 17.8 Å². The van der Waals surface area contributed by atoms with E-state index in [-0.39, 0.29) is 29.7 Å². The summed E-state index contributed by atoms with van der Waals surface area (Å²) in [5, 5.41) is 0. The third-order valence-electron chi connectivity index (χ3n) is 3.68. The molecule has 1 saturated heterocycles. The second kappa shape index (κ2) is 3.59. The predicted octanol–water partition coefficient (Wildman–Crippen LogP) is 0.365. The molecule has 0 bridgehead atoms. The lowest BCUT2D eigenvalue weighted by molar-refractivity contribution is -0.140. The van der Waals surface area contributed by atoms with E-state index in [1.165, 1.54) is 4.90 Å². The molecule has 84 valence electrons. The van der Waals surface area contributed by atoms with E-state index in [1.54, 1.807) is 0 Å². The number of hydrogen-bond acceptors (Lipinski definition) is 3. The summed E-state index contributed by atoms with van der Waals surface area (Å²) in [4.78, 5) is 24.9. The van der Waals surface area contributed by atoms with Gasteiger partial charge in [0.15, 0.2) is 0 Å². The fourth-order valence-electron chi connectivity index (χ4n) is 2.09. The Morgan fingerprint density at radius 2 is 1.73 bits per heavy atom. The zero-order chi connectivity index (χ0) is 11.2. The molecular formula is C11H18N2O2. The molecule has 0 spiro atoms. The monoisotopic (exact) mass is 210 g/mol. The first-order chi connectivity index (χ1) is 7.02. The lowest BCUT2D eigenvalue weighted by Crippen LogP contribution is -2.42. The van der Waals surface area contributed by atoms with Crippen molar-refractivity contribution >= 4 is 11.8 Å². The van der Waals surface area contributed by atoms with Gasteiger partial charge in [-0.05, 0) is 18.8 Å². The van der Waals surface area contributed by atoms with Crippen molar-refractivity contribution < 1.29 is 9.59 Å². The number of likely N-dealkylation sites (tertiary alicyclic amines) is 1. The summed E-state index contributed by atoms with van der Waals surface area (Å²) >= 11 is 0. The molecule has 0 radical (unpaired) electrons. The first kappa shape index (κ1) is 10.6. The molecule has 1 saturated carbocycles. The van der Waals surface area contributed by atoms with E-state index in [2.05, 4.69) is 0 Å². The third kappa shape index (κ3) is 1.78. The second-order valence-electron chi connectivity index (χ2n) is 4.87. The lowest BCUT2D eigenvalue weighted by Gasteiger charge is -2.19. The molecule has 2 fully saturated rings. The van der Waals surface area contributed by atoms with Crippen molar-refractivity contribution in [3.63, 3.8) is 0 Å². The highest BCUT2D eigenvalue weighted by Crippen LogP contribution is 2.33. The number of imide groups is 1. The van der Waals surface area contributed by atoms with Gasteiger partial charge in [-0.1, -0.05) is 13.8 Å². The van der Waals surface area contributed by atoms with E-state index in [9.17, 15) is 9.59 Å². The highest BCUT2D eigenvalue weighted by molar-refractivity contribution is 6.04. The molecule has 1 aliphatic heterocycles. The number of carbonyl (C=O) groups is 2. The first-order valence-electron chi connectivity index (χ1n) is 5.63. The van der Waals surface area contributed by atoms with Crippen molar-refractivity contribution in [2.45, 2.75) is 32.7 Å². The summed E-state index contributed by atoms with van der Waals surface area (Å²) in [6.07, 6.45) is 2.28. The van der Waals surface area contributed by atoms with Gasteiger partial charge in [-0.2, -0.15) is 0 Å². The Balaban J connectivity index is 2.02. The van der Waals surface area contributed by atoms with Gasteiger partial charge in [0.2, 0.25) is 11.8 Å². The Bertz CT molecular complexity index is 279. The van der Waals surface area contributed by atoms with Crippen LogP contribution in [0.25, 0.3) is 0 Å². The SMILES string of the molecule is CC1C(=O)N(CC(N)C2CC2)C(=O)C1C. The summed E-state index contributed by atoms with van der Waals surface area (Å²) in [7, 11) is 0. The van der Waals surface area contributed by atoms with Gasteiger partial charge in [0.1, 0.15) is 0 Å². The second-order valence-corrected chi connectivity index (χ2v) is 4.87. The number of hydrogen-bond donors (Lipinski definition) is 1. The van der Waals surface area contributed by atoms with Gasteiger partial charge in [-0.3, -0.25) is 14.5 Å². The minimum Gasteiger partial charge on any atom is -0.326 e. The Morgan fingerprint density at radius 1 is 1.27 bits per heavy atom. The largest absolute Gasteiger partial charge is 0.326 e. The first-order valence-corrected chi connectivity index (χ1v) is 5.63. The van der Waals surface area contributed by atoms with Crippen LogP contribution >= 0.6 is 0 Å². The van der Waals surface area contributed by atoms with Crippen LogP contribution in [-0.2, 0) is 9.59 Å². The number of amides is 2. The Labute approximate surface area is 89.8 Å². The molecule has 4 nitrogen and oxygen atoms in total. The Kier molecular flexibility index (Phi) is 2.54. The summed E-state index contributed by atoms with van der Waals surface area (Å²) in [6, 6.07) is -0.0181. The molecular weight excluding hydrogens is 192 g/mol. The fourth-order valence-corrected chi connectivity index (χ4v) is 2.09. The van der Waals surface area contributed by atoms with Gasteiger partial charge in [-0.25, -0.2) is 0 Å². The molecule has 0 aromatic rings.